The number of hydrogen-bond donors (Lipinski definition) is 2. The van der Waals surface area contributed by atoms with E-state index in [-0.39, 0.29) is 0 Å². The number of nitrogens with one attached hydrogen (secondary N) is 1. The first-order valence-electron chi connectivity index (χ1n) is 6.26. The molecular weight excluding hydrogens is 238 g/mol. The molecule has 2 rings (SSSR count). The molecule has 1 aromatic heterocycles. The molecule has 0 saturated heterocycles. The molecule has 2 aromatic rings. The predicted molar refractivity (Wildman–Crippen MR) is 79.9 cm³/mol. The molecule has 5 heteroatoms. The second-order valence-electron chi connectivity index (χ2n) is 4.52. The fraction of sp³-hybridized carbons (Fsp3) is 0.286. The van der Waals surface area contributed by atoms with E-state index in [1.54, 1.807) is 6.07 Å². The Bertz CT molecular complexity index is 566. The average Bonchev–Trinajstić information content (AvgIpc) is 2.38. The van der Waals surface area contributed by atoms with Gasteiger partial charge < -0.3 is 16.0 Å². The van der Waals surface area contributed by atoms with Crippen LogP contribution in [0.3, 0.4) is 0 Å². The third kappa shape index (κ3) is 3.34. The fourth-order valence-electron chi connectivity index (χ4n) is 1.75. The highest BCUT2D eigenvalue weighted by molar-refractivity contribution is 5.64. The highest BCUT2D eigenvalue weighted by atomic mass is 15.1. The first kappa shape index (κ1) is 13.1. The fourth-order valence-corrected chi connectivity index (χ4v) is 1.75. The van der Waals surface area contributed by atoms with Crippen molar-refractivity contribution in [1.82, 2.24) is 9.97 Å². The van der Waals surface area contributed by atoms with Gasteiger partial charge in [-0.2, -0.15) is 0 Å². The number of nitrogens with zero attached hydrogens (tertiary/aromatic N) is 3. The number of aryl methyl sites for hydroxylation is 1. The molecule has 0 amide bonds. The maximum Gasteiger partial charge on any atom is 0.136 e. The highest BCUT2D eigenvalue weighted by Crippen LogP contribution is 2.21. The van der Waals surface area contributed by atoms with Gasteiger partial charge in [-0.15, -0.1) is 0 Å². The summed E-state index contributed by atoms with van der Waals surface area (Å²) in [6.07, 6.45) is 0.761. The summed E-state index contributed by atoms with van der Waals surface area (Å²) in [4.78, 5) is 10.6. The summed E-state index contributed by atoms with van der Waals surface area (Å²) >= 11 is 0. The van der Waals surface area contributed by atoms with E-state index in [9.17, 15) is 0 Å². The van der Waals surface area contributed by atoms with E-state index in [0.717, 1.165) is 29.4 Å². The van der Waals surface area contributed by atoms with Crippen LogP contribution < -0.4 is 16.0 Å². The molecule has 0 atom stereocenters. The number of rotatable bonds is 4. The minimum atomic E-state index is 0.484. The Morgan fingerprint density at radius 3 is 2.68 bits per heavy atom. The molecule has 0 fully saturated rings. The predicted octanol–water partition coefficient (Wildman–Crippen LogP) is 2.43. The Kier molecular flexibility index (Phi) is 3.85. The molecule has 100 valence electrons. The van der Waals surface area contributed by atoms with Gasteiger partial charge in [-0.1, -0.05) is 13.0 Å². The van der Waals surface area contributed by atoms with Crippen molar-refractivity contribution in [2.24, 2.45) is 0 Å². The van der Waals surface area contributed by atoms with E-state index in [1.807, 2.05) is 33.2 Å². The molecule has 1 aromatic carbocycles. The first-order valence-corrected chi connectivity index (χ1v) is 6.26. The van der Waals surface area contributed by atoms with Crippen LogP contribution in [0, 0.1) is 0 Å². The summed E-state index contributed by atoms with van der Waals surface area (Å²) in [7, 11) is 4.02. The van der Waals surface area contributed by atoms with Crippen molar-refractivity contribution in [3.63, 3.8) is 0 Å². The molecule has 0 unspecified atom stereocenters. The summed E-state index contributed by atoms with van der Waals surface area (Å²) in [6, 6.07) is 9.85. The van der Waals surface area contributed by atoms with Crippen LogP contribution in [0.25, 0.3) is 0 Å². The highest BCUT2D eigenvalue weighted by Gasteiger charge is 2.03. The van der Waals surface area contributed by atoms with Crippen molar-refractivity contribution in [2.45, 2.75) is 13.3 Å². The maximum atomic E-state index is 5.77. The third-order valence-electron chi connectivity index (χ3n) is 2.74. The minimum absolute atomic E-state index is 0.484. The molecule has 5 nitrogen and oxygen atoms in total. The second-order valence-corrected chi connectivity index (χ2v) is 4.52. The molecule has 0 aliphatic heterocycles. The summed E-state index contributed by atoms with van der Waals surface area (Å²) in [6.45, 7) is 2.01. The molecule has 0 spiro atoms. The van der Waals surface area contributed by atoms with Gasteiger partial charge in [-0.05, 0) is 18.2 Å². The Hall–Kier alpha value is -2.30. The van der Waals surface area contributed by atoms with Crippen LogP contribution in [0.4, 0.5) is 23.0 Å². The molecule has 19 heavy (non-hydrogen) atoms. The minimum Gasteiger partial charge on any atom is -0.384 e. The summed E-state index contributed by atoms with van der Waals surface area (Å²) in [5, 5.41) is 3.26. The lowest BCUT2D eigenvalue weighted by Crippen LogP contribution is -2.08. The van der Waals surface area contributed by atoms with Crippen LogP contribution in [-0.4, -0.2) is 24.1 Å². The second kappa shape index (κ2) is 5.56. The van der Waals surface area contributed by atoms with Gasteiger partial charge in [0.2, 0.25) is 0 Å². The van der Waals surface area contributed by atoms with Gasteiger partial charge in [-0.3, -0.25) is 0 Å². The van der Waals surface area contributed by atoms with E-state index in [2.05, 4.69) is 32.3 Å². The Morgan fingerprint density at radius 2 is 2.00 bits per heavy atom. The summed E-state index contributed by atoms with van der Waals surface area (Å²) in [5.74, 6) is 1.95. The van der Waals surface area contributed by atoms with Gasteiger partial charge in [0.05, 0.1) is 0 Å². The normalized spacial score (nSPS) is 10.3. The number of benzene rings is 1. The van der Waals surface area contributed by atoms with Gasteiger partial charge in [0.15, 0.2) is 0 Å². The van der Waals surface area contributed by atoms with Gasteiger partial charge in [0.25, 0.3) is 0 Å². The standard InChI is InChI=1S/C14H19N5/c1-4-13-17-12(15)9-14(18-13)16-10-6-5-7-11(8-10)19(2)3/h5-9H,4H2,1-3H3,(H3,15,16,17,18). The number of aromatic nitrogens is 2. The smallest absolute Gasteiger partial charge is 0.136 e. The lowest BCUT2D eigenvalue weighted by molar-refractivity contribution is 0.948. The molecule has 1 heterocycles. The quantitative estimate of drug-likeness (QED) is 0.880. The van der Waals surface area contributed by atoms with Crippen LogP contribution in [-0.2, 0) is 6.42 Å². The Morgan fingerprint density at radius 1 is 1.21 bits per heavy atom. The summed E-state index contributed by atoms with van der Waals surface area (Å²) < 4.78 is 0. The van der Waals surface area contributed by atoms with E-state index in [1.165, 1.54) is 0 Å². The van der Waals surface area contributed by atoms with Crippen molar-refractivity contribution in [3.05, 3.63) is 36.2 Å². The largest absolute Gasteiger partial charge is 0.384 e. The summed E-state index contributed by atoms with van der Waals surface area (Å²) in [5.41, 5.74) is 7.87. The molecule has 0 radical (unpaired) electrons. The van der Waals surface area contributed by atoms with Crippen LogP contribution in [0.5, 0.6) is 0 Å². The lowest BCUT2D eigenvalue weighted by atomic mass is 10.2. The molecule has 0 bridgehead atoms. The zero-order valence-electron chi connectivity index (χ0n) is 11.5. The number of nitrogen functional groups attached to an aromatic ring is 1. The number of hydrogen-bond acceptors (Lipinski definition) is 5. The van der Waals surface area contributed by atoms with Crippen LogP contribution in [0.2, 0.25) is 0 Å². The Labute approximate surface area is 113 Å². The van der Waals surface area contributed by atoms with E-state index in [4.69, 9.17) is 5.73 Å². The van der Waals surface area contributed by atoms with Crippen molar-refractivity contribution in [1.29, 1.82) is 0 Å². The van der Waals surface area contributed by atoms with Crippen molar-refractivity contribution >= 4 is 23.0 Å². The van der Waals surface area contributed by atoms with E-state index in [0.29, 0.717) is 5.82 Å². The van der Waals surface area contributed by atoms with Gasteiger partial charge in [0.1, 0.15) is 17.5 Å². The van der Waals surface area contributed by atoms with Crippen LogP contribution in [0.15, 0.2) is 30.3 Å². The number of nitrogens with two attached hydrogens (primary N) is 1. The molecule has 0 aliphatic rings. The molecular formula is C14H19N5. The van der Waals surface area contributed by atoms with Crippen molar-refractivity contribution < 1.29 is 0 Å². The lowest BCUT2D eigenvalue weighted by Gasteiger charge is -2.14. The van der Waals surface area contributed by atoms with E-state index >= 15 is 0 Å². The van der Waals surface area contributed by atoms with E-state index < -0.39 is 0 Å². The van der Waals surface area contributed by atoms with Crippen LogP contribution >= 0.6 is 0 Å². The average molecular weight is 257 g/mol. The number of anilines is 4. The SMILES string of the molecule is CCc1nc(N)cc(Nc2cccc(N(C)C)c2)n1. The Balaban J connectivity index is 2.25. The zero-order chi connectivity index (χ0) is 13.8. The maximum absolute atomic E-state index is 5.77. The van der Waals surface area contributed by atoms with Crippen LogP contribution in [0.1, 0.15) is 12.7 Å². The van der Waals surface area contributed by atoms with Gasteiger partial charge >= 0.3 is 0 Å². The molecule has 3 N–H and O–H groups in total. The zero-order valence-corrected chi connectivity index (χ0v) is 11.5. The third-order valence-corrected chi connectivity index (χ3v) is 2.74. The molecule has 0 saturated carbocycles. The van der Waals surface area contributed by atoms with Crippen molar-refractivity contribution in [2.75, 3.05) is 30.0 Å². The monoisotopic (exact) mass is 257 g/mol. The van der Waals surface area contributed by atoms with Crippen molar-refractivity contribution in [3.8, 4) is 0 Å². The molecule has 0 aliphatic carbocycles. The first-order chi connectivity index (χ1) is 9.08. The topological polar surface area (TPSA) is 67.1 Å². The van der Waals surface area contributed by atoms with Gasteiger partial charge in [-0.25, -0.2) is 9.97 Å². The van der Waals surface area contributed by atoms with Gasteiger partial charge in [0, 0.05) is 38.0 Å².